The summed E-state index contributed by atoms with van der Waals surface area (Å²) in [6.45, 7) is 0.649. The lowest BCUT2D eigenvalue weighted by molar-refractivity contribution is -0.384. The molecule has 7 nitrogen and oxygen atoms in total. The molecule has 1 aliphatic rings. The number of aryl methyl sites for hydroxylation is 1. The first-order valence-corrected chi connectivity index (χ1v) is 10.9. The molecule has 0 fully saturated rings. The molecule has 2 aromatic carbocycles. The van der Waals surface area contributed by atoms with Crippen molar-refractivity contribution < 1.29 is 9.66 Å². The van der Waals surface area contributed by atoms with Gasteiger partial charge in [-0.1, -0.05) is 23.5 Å². The Kier molecular flexibility index (Phi) is 4.99. The van der Waals surface area contributed by atoms with Crippen molar-refractivity contribution in [2.24, 2.45) is 0 Å². The second kappa shape index (κ2) is 7.96. The van der Waals surface area contributed by atoms with Gasteiger partial charge in [0.1, 0.15) is 5.75 Å². The van der Waals surface area contributed by atoms with Crippen molar-refractivity contribution in [1.29, 1.82) is 0 Å². The minimum absolute atomic E-state index is 0.0943. The second-order valence-electron chi connectivity index (χ2n) is 7.44. The molecule has 1 N–H and O–H groups in total. The standard InChI is InChI=1S/C23H20N4O3S/c1-30-17-11-5-14(6-12-17)13-24-23-26-22-21(31-23)20(18-3-2-4-19(18)25-22)15-7-9-16(10-8-15)27(28)29/h5-12H,2-4,13H2,1H3,(H,24,25,26). The number of aromatic nitrogens is 2. The van der Waals surface area contributed by atoms with E-state index in [1.165, 1.54) is 5.56 Å². The fraction of sp³-hybridized carbons (Fsp3) is 0.217. The molecule has 4 aromatic rings. The van der Waals surface area contributed by atoms with Gasteiger partial charge in [-0.3, -0.25) is 10.1 Å². The smallest absolute Gasteiger partial charge is 0.269 e. The molecule has 0 bridgehead atoms. The van der Waals surface area contributed by atoms with Crippen LogP contribution in [0.4, 0.5) is 10.8 Å². The molecular formula is C23H20N4O3S. The van der Waals surface area contributed by atoms with Crippen LogP contribution in [0, 0.1) is 10.1 Å². The van der Waals surface area contributed by atoms with Crippen LogP contribution in [0.2, 0.25) is 0 Å². The van der Waals surface area contributed by atoms with Crippen LogP contribution in [0.1, 0.15) is 23.2 Å². The molecule has 0 radical (unpaired) electrons. The first-order chi connectivity index (χ1) is 15.1. The number of methoxy groups -OCH3 is 1. The normalized spacial score (nSPS) is 12.7. The quantitative estimate of drug-likeness (QED) is 0.325. The van der Waals surface area contributed by atoms with E-state index in [1.54, 1.807) is 30.6 Å². The summed E-state index contributed by atoms with van der Waals surface area (Å²) in [6.07, 6.45) is 2.98. The third-order valence-electron chi connectivity index (χ3n) is 5.54. The van der Waals surface area contributed by atoms with E-state index in [2.05, 4.69) is 5.32 Å². The third-order valence-corrected chi connectivity index (χ3v) is 6.56. The van der Waals surface area contributed by atoms with E-state index < -0.39 is 0 Å². The van der Waals surface area contributed by atoms with Crippen LogP contribution in [-0.4, -0.2) is 22.0 Å². The number of nitrogens with one attached hydrogen (secondary N) is 1. The Labute approximate surface area is 182 Å². The molecule has 0 unspecified atom stereocenters. The van der Waals surface area contributed by atoms with Gasteiger partial charge in [-0.25, -0.2) is 9.97 Å². The molecule has 8 heteroatoms. The van der Waals surface area contributed by atoms with Gasteiger partial charge in [0, 0.05) is 29.9 Å². The molecule has 5 rings (SSSR count). The molecule has 1 aliphatic carbocycles. The monoisotopic (exact) mass is 432 g/mol. The number of pyridine rings is 1. The van der Waals surface area contributed by atoms with Gasteiger partial charge >= 0.3 is 0 Å². The summed E-state index contributed by atoms with van der Waals surface area (Å²) in [6, 6.07) is 14.7. The van der Waals surface area contributed by atoms with E-state index in [0.717, 1.165) is 62.9 Å². The Bertz CT molecular complexity index is 1270. The molecule has 156 valence electrons. The number of nitro groups is 1. The van der Waals surface area contributed by atoms with Gasteiger partial charge in [-0.15, -0.1) is 0 Å². The number of nitrogens with zero attached hydrogens (tertiary/aromatic N) is 3. The van der Waals surface area contributed by atoms with E-state index in [9.17, 15) is 10.1 Å². The topological polar surface area (TPSA) is 90.2 Å². The van der Waals surface area contributed by atoms with Gasteiger partial charge in [0.2, 0.25) is 0 Å². The molecule has 31 heavy (non-hydrogen) atoms. The molecule has 0 spiro atoms. The Hall–Kier alpha value is -3.52. The second-order valence-corrected chi connectivity index (χ2v) is 8.44. The Balaban J connectivity index is 1.50. The van der Waals surface area contributed by atoms with Gasteiger partial charge in [-0.2, -0.15) is 0 Å². The molecule has 0 atom stereocenters. The first-order valence-electron chi connectivity index (χ1n) is 10.1. The summed E-state index contributed by atoms with van der Waals surface area (Å²) in [5.41, 5.74) is 6.38. The van der Waals surface area contributed by atoms with Gasteiger partial charge < -0.3 is 10.1 Å². The van der Waals surface area contributed by atoms with Crippen molar-refractivity contribution in [2.45, 2.75) is 25.8 Å². The van der Waals surface area contributed by atoms with Crippen LogP contribution >= 0.6 is 11.3 Å². The number of anilines is 1. The van der Waals surface area contributed by atoms with Gasteiger partial charge in [0.05, 0.1) is 16.7 Å². The maximum absolute atomic E-state index is 11.0. The van der Waals surface area contributed by atoms with Crippen molar-refractivity contribution >= 4 is 32.5 Å². The number of non-ortho nitro benzene ring substituents is 1. The Morgan fingerprint density at radius 2 is 1.87 bits per heavy atom. The van der Waals surface area contributed by atoms with Crippen molar-refractivity contribution in [3.63, 3.8) is 0 Å². The zero-order valence-electron chi connectivity index (χ0n) is 16.9. The van der Waals surface area contributed by atoms with Crippen LogP contribution in [0.15, 0.2) is 48.5 Å². The number of hydrogen-bond donors (Lipinski definition) is 1. The summed E-state index contributed by atoms with van der Waals surface area (Å²) < 4.78 is 6.23. The predicted molar refractivity (Wildman–Crippen MR) is 122 cm³/mol. The van der Waals surface area contributed by atoms with E-state index in [0.29, 0.717) is 6.54 Å². The van der Waals surface area contributed by atoms with E-state index >= 15 is 0 Å². The molecule has 2 aromatic heterocycles. The highest BCUT2D eigenvalue weighted by atomic mass is 32.1. The fourth-order valence-electron chi connectivity index (χ4n) is 3.99. The Morgan fingerprint density at radius 1 is 1.10 bits per heavy atom. The maximum Gasteiger partial charge on any atom is 0.269 e. The largest absolute Gasteiger partial charge is 0.497 e. The number of hydrogen-bond acceptors (Lipinski definition) is 7. The number of nitro benzene ring substituents is 1. The molecule has 0 aliphatic heterocycles. The number of thiazole rings is 1. The van der Waals surface area contributed by atoms with Crippen LogP contribution in [0.3, 0.4) is 0 Å². The summed E-state index contributed by atoms with van der Waals surface area (Å²) in [4.78, 5) is 20.2. The molecule has 0 saturated heterocycles. The Morgan fingerprint density at radius 3 is 2.58 bits per heavy atom. The lowest BCUT2D eigenvalue weighted by atomic mass is 9.99. The molecule has 2 heterocycles. The molecule has 0 saturated carbocycles. The number of rotatable bonds is 6. The van der Waals surface area contributed by atoms with E-state index in [1.807, 2.05) is 36.4 Å². The summed E-state index contributed by atoms with van der Waals surface area (Å²) in [5.74, 6) is 0.829. The summed E-state index contributed by atoms with van der Waals surface area (Å²) >= 11 is 1.58. The maximum atomic E-state index is 11.0. The van der Waals surface area contributed by atoms with Crippen LogP contribution in [0.5, 0.6) is 5.75 Å². The highest BCUT2D eigenvalue weighted by Crippen LogP contribution is 2.41. The highest BCUT2D eigenvalue weighted by molar-refractivity contribution is 7.22. The summed E-state index contributed by atoms with van der Waals surface area (Å²) in [5, 5.41) is 15.3. The van der Waals surface area contributed by atoms with Crippen molar-refractivity contribution in [1.82, 2.24) is 9.97 Å². The van der Waals surface area contributed by atoms with E-state index in [-0.39, 0.29) is 10.6 Å². The van der Waals surface area contributed by atoms with Crippen LogP contribution < -0.4 is 10.1 Å². The highest BCUT2D eigenvalue weighted by Gasteiger charge is 2.23. The average Bonchev–Trinajstić information content (AvgIpc) is 3.42. The zero-order chi connectivity index (χ0) is 21.4. The van der Waals surface area contributed by atoms with Crippen molar-refractivity contribution in [3.8, 4) is 16.9 Å². The predicted octanol–water partition coefficient (Wildman–Crippen LogP) is 5.38. The van der Waals surface area contributed by atoms with Gasteiger partial charge in [0.15, 0.2) is 10.8 Å². The minimum atomic E-state index is -0.371. The number of benzene rings is 2. The fourth-order valence-corrected chi connectivity index (χ4v) is 4.98. The van der Waals surface area contributed by atoms with Crippen molar-refractivity contribution in [3.05, 3.63) is 75.5 Å². The lowest BCUT2D eigenvalue weighted by Gasteiger charge is -2.09. The SMILES string of the molecule is COc1ccc(CNc2nc3nc4c(c(-c5ccc([N+](=O)[O-])cc5)c3s2)CCC4)cc1. The summed E-state index contributed by atoms with van der Waals surface area (Å²) in [7, 11) is 1.65. The lowest BCUT2D eigenvalue weighted by Crippen LogP contribution is -1.98. The van der Waals surface area contributed by atoms with Gasteiger partial charge in [-0.05, 0) is 60.2 Å². The minimum Gasteiger partial charge on any atom is -0.497 e. The molecular weight excluding hydrogens is 412 g/mol. The van der Waals surface area contributed by atoms with Gasteiger partial charge in [0.25, 0.3) is 5.69 Å². The van der Waals surface area contributed by atoms with Crippen molar-refractivity contribution in [2.75, 3.05) is 12.4 Å². The average molecular weight is 433 g/mol. The first kappa shape index (κ1) is 19.4. The zero-order valence-corrected chi connectivity index (χ0v) is 17.7. The number of fused-ring (bicyclic) bond motifs is 2. The van der Waals surface area contributed by atoms with E-state index in [4.69, 9.17) is 14.7 Å². The van der Waals surface area contributed by atoms with Crippen LogP contribution in [-0.2, 0) is 19.4 Å². The molecule has 0 amide bonds. The third kappa shape index (κ3) is 3.70. The van der Waals surface area contributed by atoms with Crippen LogP contribution in [0.25, 0.3) is 21.5 Å². The number of ether oxygens (including phenoxy) is 1.